The topological polar surface area (TPSA) is 52.6 Å². The van der Waals surface area contributed by atoms with Crippen molar-refractivity contribution in [2.75, 3.05) is 38.0 Å². The number of hydrogen-bond donors (Lipinski definition) is 1. The van der Waals surface area contributed by atoms with Crippen molar-refractivity contribution < 1.29 is 9.59 Å². The molecule has 2 aliphatic rings. The van der Waals surface area contributed by atoms with Crippen LogP contribution in [0, 0.1) is 11.8 Å². The van der Waals surface area contributed by atoms with Gasteiger partial charge in [0.15, 0.2) is 0 Å². The van der Waals surface area contributed by atoms with Crippen molar-refractivity contribution in [3.05, 3.63) is 29.8 Å². The molecule has 1 heterocycles. The van der Waals surface area contributed by atoms with Crippen molar-refractivity contribution in [1.82, 2.24) is 9.80 Å². The number of likely N-dealkylation sites (N-methyl/N-ethyl adjacent to an activating group) is 1. The number of nitrogens with one attached hydrogen (secondary N) is 1. The van der Waals surface area contributed by atoms with Gasteiger partial charge in [-0.05, 0) is 50.0 Å². The number of nitrogens with zero attached hydrogens (tertiary/aromatic N) is 2. The predicted octanol–water partition coefficient (Wildman–Crippen LogP) is 2.45. The van der Waals surface area contributed by atoms with Crippen LogP contribution in [0.5, 0.6) is 0 Å². The first-order valence-electron chi connectivity index (χ1n) is 9.01. The van der Waals surface area contributed by atoms with Crippen LogP contribution in [0.2, 0.25) is 0 Å². The minimum Gasteiger partial charge on any atom is -0.337 e. The van der Waals surface area contributed by atoms with Gasteiger partial charge in [-0.25, -0.2) is 0 Å². The molecule has 3 rings (SSSR count). The number of carbonyl (C=O) groups is 2. The molecule has 1 aliphatic carbocycles. The summed E-state index contributed by atoms with van der Waals surface area (Å²) in [5.74, 6) is 0.743. The van der Waals surface area contributed by atoms with Crippen LogP contribution in [-0.2, 0) is 4.79 Å². The molecule has 24 heavy (non-hydrogen) atoms. The summed E-state index contributed by atoms with van der Waals surface area (Å²) in [5, 5.41) is 2.94. The maximum atomic E-state index is 12.8. The van der Waals surface area contributed by atoms with Crippen molar-refractivity contribution in [1.29, 1.82) is 0 Å². The summed E-state index contributed by atoms with van der Waals surface area (Å²) in [6, 6.07) is 7.33. The van der Waals surface area contributed by atoms with Crippen LogP contribution in [-0.4, -0.2) is 54.3 Å². The SMILES string of the molecule is CCN1CCCN(C(=O)c2cccc(NC(=O)C3CC3C)c2)CC1. The Hall–Kier alpha value is -1.88. The summed E-state index contributed by atoms with van der Waals surface area (Å²) in [5.41, 5.74) is 1.37. The number of amides is 2. The summed E-state index contributed by atoms with van der Waals surface area (Å²) in [7, 11) is 0. The fourth-order valence-corrected chi connectivity index (χ4v) is 3.33. The van der Waals surface area contributed by atoms with Crippen LogP contribution < -0.4 is 5.32 Å². The molecule has 1 aromatic carbocycles. The molecule has 2 amide bonds. The number of anilines is 1. The average Bonchev–Trinajstić information content (AvgIpc) is 3.36. The Morgan fingerprint density at radius 1 is 1.21 bits per heavy atom. The highest BCUT2D eigenvalue weighted by molar-refractivity contribution is 5.98. The van der Waals surface area contributed by atoms with Gasteiger partial charge >= 0.3 is 0 Å². The van der Waals surface area contributed by atoms with E-state index in [1.165, 1.54) is 0 Å². The zero-order valence-electron chi connectivity index (χ0n) is 14.6. The van der Waals surface area contributed by atoms with E-state index in [-0.39, 0.29) is 17.7 Å². The van der Waals surface area contributed by atoms with E-state index in [1.54, 1.807) is 6.07 Å². The second kappa shape index (κ2) is 7.34. The second-order valence-electron chi connectivity index (χ2n) is 6.97. The van der Waals surface area contributed by atoms with E-state index in [0.717, 1.165) is 51.3 Å². The number of benzene rings is 1. The van der Waals surface area contributed by atoms with E-state index < -0.39 is 0 Å². The quantitative estimate of drug-likeness (QED) is 0.923. The van der Waals surface area contributed by atoms with Crippen molar-refractivity contribution in [2.45, 2.75) is 26.7 Å². The fourth-order valence-electron chi connectivity index (χ4n) is 3.33. The lowest BCUT2D eigenvalue weighted by atomic mass is 10.1. The summed E-state index contributed by atoms with van der Waals surface area (Å²) in [6.45, 7) is 8.82. The van der Waals surface area contributed by atoms with Gasteiger partial charge in [0.05, 0.1) is 0 Å². The van der Waals surface area contributed by atoms with Crippen LogP contribution >= 0.6 is 0 Å². The van der Waals surface area contributed by atoms with Crippen LogP contribution in [0.1, 0.15) is 37.0 Å². The minimum atomic E-state index is 0.0591. The summed E-state index contributed by atoms with van der Waals surface area (Å²) in [6.07, 6.45) is 1.97. The molecule has 2 atom stereocenters. The molecule has 2 unspecified atom stereocenters. The lowest BCUT2D eigenvalue weighted by Crippen LogP contribution is -2.35. The molecule has 0 aromatic heterocycles. The number of rotatable bonds is 4. The van der Waals surface area contributed by atoms with Crippen LogP contribution in [0.3, 0.4) is 0 Å². The van der Waals surface area contributed by atoms with Gasteiger partial charge in [0.25, 0.3) is 5.91 Å². The highest BCUT2D eigenvalue weighted by Gasteiger charge is 2.39. The Labute approximate surface area is 144 Å². The van der Waals surface area contributed by atoms with Gasteiger partial charge in [0.2, 0.25) is 5.91 Å². The van der Waals surface area contributed by atoms with Crippen LogP contribution in [0.4, 0.5) is 5.69 Å². The Bertz CT molecular complexity index is 616. The first-order chi connectivity index (χ1) is 11.6. The zero-order chi connectivity index (χ0) is 17.1. The molecular formula is C19H27N3O2. The van der Waals surface area contributed by atoms with Crippen molar-refractivity contribution >= 4 is 17.5 Å². The smallest absolute Gasteiger partial charge is 0.253 e. The first-order valence-corrected chi connectivity index (χ1v) is 9.01. The maximum Gasteiger partial charge on any atom is 0.253 e. The molecule has 1 saturated heterocycles. The molecule has 0 radical (unpaired) electrons. The molecule has 1 aromatic rings. The summed E-state index contributed by atoms with van der Waals surface area (Å²) in [4.78, 5) is 29.2. The predicted molar refractivity (Wildman–Crippen MR) is 95.0 cm³/mol. The Kier molecular flexibility index (Phi) is 5.19. The standard InChI is InChI=1S/C19H27N3O2/c1-3-21-8-5-9-22(11-10-21)19(24)15-6-4-7-16(13-15)20-18(23)17-12-14(17)2/h4,6-7,13-14,17H,3,5,8-12H2,1-2H3,(H,20,23). The third-order valence-corrected chi connectivity index (χ3v) is 5.15. The molecule has 2 fully saturated rings. The number of hydrogen-bond acceptors (Lipinski definition) is 3. The molecule has 1 aliphatic heterocycles. The second-order valence-corrected chi connectivity index (χ2v) is 6.97. The highest BCUT2D eigenvalue weighted by Crippen LogP contribution is 2.38. The van der Waals surface area contributed by atoms with Crippen molar-refractivity contribution in [3.8, 4) is 0 Å². The normalized spacial score (nSPS) is 24.3. The molecule has 5 heteroatoms. The minimum absolute atomic E-state index is 0.0591. The number of carbonyl (C=O) groups excluding carboxylic acids is 2. The molecule has 130 valence electrons. The summed E-state index contributed by atoms with van der Waals surface area (Å²) >= 11 is 0. The Morgan fingerprint density at radius 2 is 2.00 bits per heavy atom. The molecular weight excluding hydrogens is 302 g/mol. The monoisotopic (exact) mass is 329 g/mol. The highest BCUT2D eigenvalue weighted by atomic mass is 16.2. The molecule has 0 bridgehead atoms. The molecule has 5 nitrogen and oxygen atoms in total. The maximum absolute atomic E-state index is 12.8. The van der Waals surface area contributed by atoms with Gasteiger partial charge in [-0.15, -0.1) is 0 Å². The van der Waals surface area contributed by atoms with Crippen molar-refractivity contribution in [2.24, 2.45) is 11.8 Å². The third kappa shape index (κ3) is 3.96. The van der Waals surface area contributed by atoms with Gasteiger partial charge in [0, 0.05) is 36.8 Å². The van der Waals surface area contributed by atoms with E-state index >= 15 is 0 Å². The largest absolute Gasteiger partial charge is 0.337 e. The van der Waals surface area contributed by atoms with Crippen LogP contribution in [0.15, 0.2) is 24.3 Å². The van der Waals surface area contributed by atoms with Crippen LogP contribution in [0.25, 0.3) is 0 Å². The first kappa shape index (κ1) is 17.0. The van der Waals surface area contributed by atoms with Crippen molar-refractivity contribution in [3.63, 3.8) is 0 Å². The van der Waals surface area contributed by atoms with E-state index in [1.807, 2.05) is 23.1 Å². The lowest BCUT2D eigenvalue weighted by Gasteiger charge is -2.21. The van der Waals surface area contributed by atoms with Gasteiger partial charge in [0.1, 0.15) is 0 Å². The van der Waals surface area contributed by atoms with E-state index in [4.69, 9.17) is 0 Å². The van der Waals surface area contributed by atoms with Gasteiger partial charge in [-0.3, -0.25) is 9.59 Å². The third-order valence-electron chi connectivity index (χ3n) is 5.15. The van der Waals surface area contributed by atoms with E-state index in [0.29, 0.717) is 11.5 Å². The average molecular weight is 329 g/mol. The Balaban J connectivity index is 1.64. The molecule has 1 saturated carbocycles. The molecule has 1 N–H and O–H groups in total. The van der Waals surface area contributed by atoms with E-state index in [2.05, 4.69) is 24.1 Å². The van der Waals surface area contributed by atoms with Gasteiger partial charge in [-0.2, -0.15) is 0 Å². The van der Waals surface area contributed by atoms with E-state index in [9.17, 15) is 9.59 Å². The lowest BCUT2D eigenvalue weighted by molar-refractivity contribution is -0.117. The van der Waals surface area contributed by atoms with Gasteiger partial charge < -0.3 is 15.1 Å². The molecule has 0 spiro atoms. The Morgan fingerprint density at radius 3 is 2.71 bits per heavy atom. The zero-order valence-corrected chi connectivity index (χ0v) is 14.6. The van der Waals surface area contributed by atoms with Gasteiger partial charge in [-0.1, -0.05) is 19.9 Å². The fraction of sp³-hybridized carbons (Fsp3) is 0.579. The summed E-state index contributed by atoms with van der Waals surface area (Å²) < 4.78 is 0.